The first-order valence-electron chi connectivity index (χ1n) is 8.22. The highest BCUT2D eigenvalue weighted by atomic mass is 16.3. The number of hydrogen-bond acceptors (Lipinski definition) is 4. The number of furan rings is 1. The molecule has 0 spiro atoms. The number of hydrogen-bond donors (Lipinski definition) is 1. The molecule has 24 heavy (non-hydrogen) atoms. The van der Waals surface area contributed by atoms with Crippen molar-refractivity contribution in [2.75, 3.05) is 19.6 Å². The van der Waals surface area contributed by atoms with Crippen molar-refractivity contribution in [2.24, 2.45) is 13.0 Å². The van der Waals surface area contributed by atoms with Crippen molar-refractivity contribution < 1.29 is 9.21 Å². The van der Waals surface area contributed by atoms with Gasteiger partial charge in [0.2, 0.25) is 0 Å². The fourth-order valence-corrected chi connectivity index (χ4v) is 3.39. The van der Waals surface area contributed by atoms with Gasteiger partial charge in [0, 0.05) is 32.5 Å². The summed E-state index contributed by atoms with van der Waals surface area (Å²) in [5.41, 5.74) is 1.44. The van der Waals surface area contributed by atoms with E-state index < -0.39 is 0 Å². The molecule has 1 aliphatic rings. The molecule has 3 aromatic rings. The maximum absolute atomic E-state index is 12.5. The summed E-state index contributed by atoms with van der Waals surface area (Å²) in [6.07, 6.45) is 8.16. The molecule has 126 valence electrons. The highest BCUT2D eigenvalue weighted by molar-refractivity contribution is 5.99. The quantitative estimate of drug-likeness (QED) is 0.771. The van der Waals surface area contributed by atoms with E-state index in [1.165, 1.54) is 0 Å². The fraction of sp³-hybridized carbons (Fsp3) is 0.412. The molecule has 4 rings (SSSR count). The lowest BCUT2D eigenvalue weighted by Crippen LogP contribution is -2.31. The maximum Gasteiger partial charge on any atom is 0.256 e. The number of rotatable bonds is 5. The van der Waals surface area contributed by atoms with E-state index in [0.29, 0.717) is 18.0 Å². The SMILES string of the molecule is Cn1ccn2ncc(C(=O)NC[C@H]3CCN(Cc4ccco4)C3)c12. The first-order chi connectivity index (χ1) is 11.7. The third-order valence-corrected chi connectivity index (χ3v) is 4.66. The van der Waals surface area contributed by atoms with Gasteiger partial charge in [0.25, 0.3) is 5.91 Å². The number of aromatic nitrogens is 3. The second-order valence-electron chi connectivity index (χ2n) is 6.41. The highest BCUT2D eigenvalue weighted by Gasteiger charge is 2.24. The van der Waals surface area contributed by atoms with Crippen LogP contribution in [-0.2, 0) is 13.6 Å². The summed E-state index contributed by atoms with van der Waals surface area (Å²) >= 11 is 0. The van der Waals surface area contributed by atoms with Crippen LogP contribution in [0.25, 0.3) is 5.65 Å². The zero-order valence-electron chi connectivity index (χ0n) is 13.7. The van der Waals surface area contributed by atoms with Crippen LogP contribution in [0.15, 0.2) is 41.4 Å². The summed E-state index contributed by atoms with van der Waals surface area (Å²) < 4.78 is 9.02. The molecule has 7 heteroatoms. The van der Waals surface area contributed by atoms with Crippen LogP contribution in [0.1, 0.15) is 22.5 Å². The Morgan fingerprint density at radius 2 is 2.38 bits per heavy atom. The van der Waals surface area contributed by atoms with Crippen molar-refractivity contribution in [3.05, 3.63) is 48.3 Å². The molecular weight excluding hydrogens is 306 g/mol. The van der Waals surface area contributed by atoms with Crippen LogP contribution < -0.4 is 5.32 Å². The van der Waals surface area contributed by atoms with Gasteiger partial charge in [0.05, 0.1) is 19.0 Å². The number of aryl methyl sites for hydroxylation is 1. The van der Waals surface area contributed by atoms with E-state index in [4.69, 9.17) is 4.42 Å². The van der Waals surface area contributed by atoms with Crippen LogP contribution in [0, 0.1) is 5.92 Å². The van der Waals surface area contributed by atoms with Crippen molar-refractivity contribution in [3.63, 3.8) is 0 Å². The first kappa shape index (κ1) is 15.0. The lowest BCUT2D eigenvalue weighted by atomic mass is 10.1. The Kier molecular flexibility index (Phi) is 3.86. The molecule has 0 aliphatic carbocycles. The second-order valence-corrected chi connectivity index (χ2v) is 6.41. The van der Waals surface area contributed by atoms with E-state index in [-0.39, 0.29) is 5.91 Å². The standard InChI is InChI=1S/C17H21N5O2/c1-20-6-7-22-17(20)15(10-19-22)16(23)18-9-13-4-5-21(11-13)12-14-3-2-8-24-14/h2-3,6-8,10,13H,4-5,9,11-12H2,1H3,(H,18,23)/t13-/m1/s1. The van der Waals surface area contributed by atoms with E-state index in [2.05, 4.69) is 15.3 Å². The summed E-state index contributed by atoms with van der Waals surface area (Å²) in [7, 11) is 1.91. The second kappa shape index (κ2) is 6.16. The molecule has 0 aromatic carbocycles. The molecule has 0 radical (unpaired) electrons. The molecule has 1 amide bonds. The number of carbonyl (C=O) groups excluding carboxylic acids is 1. The van der Waals surface area contributed by atoms with Crippen molar-refractivity contribution in [1.82, 2.24) is 24.4 Å². The Morgan fingerprint density at radius 3 is 3.21 bits per heavy atom. The highest BCUT2D eigenvalue weighted by Crippen LogP contribution is 2.18. The fourth-order valence-electron chi connectivity index (χ4n) is 3.39. The van der Waals surface area contributed by atoms with Gasteiger partial charge in [0.15, 0.2) is 0 Å². The van der Waals surface area contributed by atoms with E-state index in [1.54, 1.807) is 17.0 Å². The summed E-state index contributed by atoms with van der Waals surface area (Å²) in [4.78, 5) is 14.8. The number of carbonyl (C=O) groups is 1. The topological polar surface area (TPSA) is 67.7 Å². The van der Waals surface area contributed by atoms with E-state index in [9.17, 15) is 4.79 Å². The van der Waals surface area contributed by atoms with Gasteiger partial charge in [-0.05, 0) is 31.0 Å². The molecule has 0 saturated carbocycles. The molecule has 1 aliphatic heterocycles. The predicted octanol–water partition coefficient (Wildman–Crippen LogP) is 1.52. The van der Waals surface area contributed by atoms with Gasteiger partial charge in [-0.25, -0.2) is 4.52 Å². The van der Waals surface area contributed by atoms with Gasteiger partial charge >= 0.3 is 0 Å². The van der Waals surface area contributed by atoms with Crippen molar-refractivity contribution >= 4 is 11.6 Å². The van der Waals surface area contributed by atoms with Gasteiger partial charge in [-0.3, -0.25) is 9.69 Å². The molecular formula is C17H21N5O2. The number of amides is 1. The van der Waals surface area contributed by atoms with Gasteiger partial charge < -0.3 is 14.3 Å². The zero-order chi connectivity index (χ0) is 16.5. The summed E-state index contributed by atoms with van der Waals surface area (Å²) in [5.74, 6) is 1.41. The monoisotopic (exact) mass is 327 g/mol. The van der Waals surface area contributed by atoms with Crippen molar-refractivity contribution in [2.45, 2.75) is 13.0 Å². The molecule has 0 unspecified atom stereocenters. The molecule has 3 aromatic heterocycles. The molecule has 1 fully saturated rings. The number of imidazole rings is 1. The minimum absolute atomic E-state index is 0.0590. The average molecular weight is 327 g/mol. The van der Waals surface area contributed by atoms with Crippen molar-refractivity contribution in [3.8, 4) is 0 Å². The molecule has 0 bridgehead atoms. The minimum Gasteiger partial charge on any atom is -0.468 e. The van der Waals surface area contributed by atoms with E-state index in [1.807, 2.05) is 36.1 Å². The third-order valence-electron chi connectivity index (χ3n) is 4.66. The Balaban J connectivity index is 1.32. The maximum atomic E-state index is 12.5. The van der Waals surface area contributed by atoms with Gasteiger partial charge in [-0.1, -0.05) is 0 Å². The van der Waals surface area contributed by atoms with Crippen LogP contribution in [0.2, 0.25) is 0 Å². The predicted molar refractivity (Wildman–Crippen MR) is 88.6 cm³/mol. The number of fused-ring (bicyclic) bond motifs is 1. The van der Waals surface area contributed by atoms with Crippen LogP contribution in [0.4, 0.5) is 0 Å². The smallest absolute Gasteiger partial charge is 0.256 e. The Bertz CT molecular complexity index is 833. The summed E-state index contributed by atoms with van der Waals surface area (Å²) in [6, 6.07) is 3.92. The zero-order valence-corrected chi connectivity index (χ0v) is 13.7. The van der Waals surface area contributed by atoms with Crippen molar-refractivity contribution in [1.29, 1.82) is 0 Å². The largest absolute Gasteiger partial charge is 0.468 e. The average Bonchev–Trinajstić information content (AvgIpc) is 3.33. The first-order valence-corrected chi connectivity index (χ1v) is 8.22. The van der Waals surface area contributed by atoms with Crippen LogP contribution in [-0.4, -0.2) is 44.6 Å². The summed E-state index contributed by atoms with van der Waals surface area (Å²) in [5, 5.41) is 7.27. The molecule has 1 saturated heterocycles. The van der Waals surface area contributed by atoms with E-state index in [0.717, 1.165) is 37.5 Å². The van der Waals surface area contributed by atoms with Crippen LogP contribution in [0.5, 0.6) is 0 Å². The molecule has 4 heterocycles. The van der Waals surface area contributed by atoms with Gasteiger partial charge in [0.1, 0.15) is 17.0 Å². The van der Waals surface area contributed by atoms with Crippen LogP contribution >= 0.6 is 0 Å². The minimum atomic E-state index is -0.0590. The normalized spacial score (nSPS) is 18.5. The third kappa shape index (κ3) is 2.82. The lowest BCUT2D eigenvalue weighted by Gasteiger charge is -2.14. The lowest BCUT2D eigenvalue weighted by molar-refractivity contribution is 0.0948. The number of nitrogens with one attached hydrogen (secondary N) is 1. The van der Waals surface area contributed by atoms with Crippen LogP contribution in [0.3, 0.4) is 0 Å². The Labute approximate surface area is 139 Å². The summed E-state index contributed by atoms with van der Waals surface area (Å²) in [6.45, 7) is 3.55. The molecule has 1 atom stereocenters. The number of nitrogens with zero attached hydrogens (tertiary/aromatic N) is 4. The molecule has 7 nitrogen and oxygen atoms in total. The van der Waals surface area contributed by atoms with E-state index >= 15 is 0 Å². The Hall–Kier alpha value is -2.54. The number of likely N-dealkylation sites (tertiary alicyclic amines) is 1. The molecule has 1 N–H and O–H groups in total. The van der Waals surface area contributed by atoms with Gasteiger partial charge in [-0.15, -0.1) is 0 Å². The van der Waals surface area contributed by atoms with Gasteiger partial charge in [-0.2, -0.15) is 5.10 Å². The Morgan fingerprint density at radius 1 is 1.46 bits per heavy atom.